The summed E-state index contributed by atoms with van der Waals surface area (Å²) in [5, 5.41) is 17.9. The summed E-state index contributed by atoms with van der Waals surface area (Å²) in [6, 6.07) is 14.2. The van der Waals surface area contributed by atoms with E-state index < -0.39 is 0 Å². The molecular weight excluding hydrogens is 332 g/mol. The van der Waals surface area contributed by atoms with Gasteiger partial charge in [0.1, 0.15) is 28.7 Å². The van der Waals surface area contributed by atoms with Crippen LogP contribution >= 0.6 is 0 Å². The molecule has 26 heavy (non-hydrogen) atoms. The molecule has 0 radical (unpaired) electrons. The minimum absolute atomic E-state index is 0.132. The summed E-state index contributed by atoms with van der Waals surface area (Å²) >= 11 is 0. The first-order valence-corrected chi connectivity index (χ1v) is 7.97. The van der Waals surface area contributed by atoms with E-state index in [2.05, 4.69) is 20.2 Å². The molecule has 0 aliphatic carbocycles. The maximum atomic E-state index is 9.83. The molecule has 2 heterocycles. The predicted molar refractivity (Wildman–Crippen MR) is 96.2 cm³/mol. The molecule has 0 saturated carbocycles. The van der Waals surface area contributed by atoms with Gasteiger partial charge in [0.25, 0.3) is 5.95 Å². The Bertz CT molecular complexity index is 1140. The monoisotopic (exact) mass is 348 g/mol. The highest BCUT2D eigenvalue weighted by atomic mass is 16.5. The van der Waals surface area contributed by atoms with Crippen LogP contribution in [0.4, 0.5) is 5.95 Å². The molecule has 0 amide bonds. The zero-order valence-electron chi connectivity index (χ0n) is 14.2. The van der Waals surface area contributed by atoms with Crippen LogP contribution in [0.15, 0.2) is 57.9 Å². The van der Waals surface area contributed by atoms with Gasteiger partial charge in [0.05, 0.1) is 12.5 Å². The topological polar surface area (TPSA) is 96.5 Å². The Morgan fingerprint density at radius 2 is 1.92 bits per heavy atom. The zero-order valence-corrected chi connectivity index (χ0v) is 14.2. The maximum absolute atomic E-state index is 9.83. The number of H-pyrrole nitrogens is 1. The molecule has 7 heteroatoms. The standard InChI is InChI=1S/C19H16N4O3/c1-11-20-19(23-22-11)21-16-10-18(12-3-6-14(25-2)7-4-12)26-17-8-5-13(24)9-15(16)17/h3-10,24H,1-2H3,(H,20,22,23). The number of nitrogens with zero attached hydrogens (tertiary/aromatic N) is 3. The number of phenols is 1. The van der Waals surface area contributed by atoms with Crippen LogP contribution in [0.2, 0.25) is 0 Å². The summed E-state index contributed by atoms with van der Waals surface area (Å²) in [6.45, 7) is 1.80. The number of methoxy groups -OCH3 is 1. The predicted octanol–water partition coefficient (Wildman–Crippen LogP) is 3.47. The number of aromatic nitrogens is 3. The van der Waals surface area contributed by atoms with Crippen molar-refractivity contribution in [2.45, 2.75) is 6.92 Å². The molecule has 0 fully saturated rings. The summed E-state index contributed by atoms with van der Waals surface area (Å²) in [5.41, 5.74) is 1.48. The summed E-state index contributed by atoms with van der Waals surface area (Å²) in [7, 11) is 1.62. The lowest BCUT2D eigenvalue weighted by Crippen LogP contribution is -2.03. The smallest absolute Gasteiger partial charge is 0.268 e. The Labute approximate surface area is 148 Å². The maximum Gasteiger partial charge on any atom is 0.268 e. The molecule has 7 nitrogen and oxygen atoms in total. The molecule has 2 aromatic heterocycles. The van der Waals surface area contributed by atoms with Crippen LogP contribution in [0.1, 0.15) is 5.82 Å². The minimum atomic E-state index is 0.132. The number of hydrogen-bond acceptors (Lipinski definition) is 6. The molecular formula is C19H16N4O3. The number of hydrogen-bond donors (Lipinski definition) is 2. The van der Waals surface area contributed by atoms with Crippen LogP contribution in [-0.2, 0) is 0 Å². The fourth-order valence-electron chi connectivity index (χ4n) is 2.64. The van der Waals surface area contributed by atoms with Crippen LogP contribution in [0.25, 0.3) is 22.3 Å². The number of rotatable bonds is 3. The Morgan fingerprint density at radius 1 is 1.12 bits per heavy atom. The summed E-state index contributed by atoms with van der Waals surface area (Å²) in [5.74, 6) is 2.52. The van der Waals surface area contributed by atoms with Crippen molar-refractivity contribution in [1.29, 1.82) is 0 Å². The van der Waals surface area contributed by atoms with Gasteiger partial charge in [0, 0.05) is 17.0 Å². The highest BCUT2D eigenvalue weighted by molar-refractivity contribution is 5.80. The van der Waals surface area contributed by atoms with Crippen molar-refractivity contribution in [3.8, 4) is 22.8 Å². The lowest BCUT2D eigenvalue weighted by atomic mass is 10.1. The Balaban J connectivity index is 1.95. The summed E-state index contributed by atoms with van der Waals surface area (Å²) < 4.78 is 11.2. The molecule has 0 bridgehead atoms. The number of benzene rings is 2. The van der Waals surface area contributed by atoms with Crippen LogP contribution in [-0.4, -0.2) is 27.4 Å². The Kier molecular flexibility index (Phi) is 3.89. The van der Waals surface area contributed by atoms with Crippen molar-refractivity contribution >= 4 is 16.9 Å². The third-order valence-corrected chi connectivity index (χ3v) is 3.91. The number of nitrogens with one attached hydrogen (secondary N) is 1. The number of aromatic amines is 1. The van der Waals surface area contributed by atoms with Crippen LogP contribution in [0.5, 0.6) is 11.5 Å². The molecule has 0 aliphatic rings. The minimum Gasteiger partial charge on any atom is -0.508 e. The second kappa shape index (κ2) is 6.36. The van der Waals surface area contributed by atoms with Crippen molar-refractivity contribution < 1.29 is 14.3 Å². The first-order chi connectivity index (χ1) is 12.6. The fraction of sp³-hybridized carbons (Fsp3) is 0.105. The van der Waals surface area contributed by atoms with Crippen LogP contribution < -0.4 is 10.1 Å². The number of aryl methyl sites for hydroxylation is 1. The van der Waals surface area contributed by atoms with Crippen LogP contribution in [0, 0.1) is 6.92 Å². The average molecular weight is 348 g/mol. The third-order valence-electron chi connectivity index (χ3n) is 3.91. The van der Waals surface area contributed by atoms with E-state index in [9.17, 15) is 5.11 Å². The number of ether oxygens (including phenoxy) is 1. The van der Waals surface area contributed by atoms with E-state index in [0.29, 0.717) is 33.9 Å². The largest absolute Gasteiger partial charge is 0.508 e. The van der Waals surface area contributed by atoms with Crippen molar-refractivity contribution in [3.63, 3.8) is 0 Å². The molecule has 2 N–H and O–H groups in total. The molecule has 0 saturated heterocycles. The first kappa shape index (κ1) is 15.9. The Morgan fingerprint density at radius 3 is 2.62 bits per heavy atom. The molecule has 0 aliphatic heterocycles. The second-order valence-corrected chi connectivity index (χ2v) is 5.74. The van der Waals surface area contributed by atoms with Crippen molar-refractivity contribution in [2.75, 3.05) is 7.11 Å². The SMILES string of the molecule is COc1ccc(-c2cc(=Nc3n[nH]c(C)n3)c3cc(O)ccc3o2)cc1. The van der Waals surface area contributed by atoms with Crippen molar-refractivity contribution in [3.05, 3.63) is 59.7 Å². The molecule has 130 valence electrons. The normalized spacial score (nSPS) is 11.8. The first-order valence-electron chi connectivity index (χ1n) is 7.97. The lowest BCUT2D eigenvalue weighted by molar-refractivity contribution is 0.415. The van der Waals surface area contributed by atoms with Gasteiger partial charge in [-0.25, -0.2) is 4.99 Å². The van der Waals surface area contributed by atoms with E-state index in [4.69, 9.17) is 9.15 Å². The molecule has 0 atom stereocenters. The quantitative estimate of drug-likeness (QED) is 0.591. The third kappa shape index (κ3) is 3.02. The van der Waals surface area contributed by atoms with Gasteiger partial charge in [-0.15, -0.1) is 5.10 Å². The van der Waals surface area contributed by atoms with E-state index in [1.807, 2.05) is 24.3 Å². The Hall–Kier alpha value is -3.61. The van der Waals surface area contributed by atoms with Crippen molar-refractivity contribution in [1.82, 2.24) is 15.2 Å². The van der Waals surface area contributed by atoms with E-state index in [0.717, 1.165) is 11.3 Å². The van der Waals surface area contributed by atoms with Gasteiger partial charge in [-0.05, 0) is 49.4 Å². The van der Waals surface area contributed by atoms with Gasteiger partial charge >= 0.3 is 0 Å². The van der Waals surface area contributed by atoms with Gasteiger partial charge in [0.15, 0.2) is 0 Å². The molecule has 4 aromatic rings. The molecule has 2 aromatic carbocycles. The van der Waals surface area contributed by atoms with Gasteiger partial charge in [-0.1, -0.05) is 0 Å². The van der Waals surface area contributed by atoms with E-state index in [-0.39, 0.29) is 5.75 Å². The molecule has 4 rings (SSSR count). The highest BCUT2D eigenvalue weighted by Crippen LogP contribution is 2.26. The zero-order chi connectivity index (χ0) is 18.1. The van der Waals surface area contributed by atoms with Gasteiger partial charge in [0.2, 0.25) is 0 Å². The second-order valence-electron chi connectivity index (χ2n) is 5.74. The number of fused-ring (bicyclic) bond motifs is 1. The van der Waals surface area contributed by atoms with E-state index in [1.54, 1.807) is 38.3 Å². The van der Waals surface area contributed by atoms with Crippen molar-refractivity contribution in [2.24, 2.45) is 4.99 Å². The van der Waals surface area contributed by atoms with Gasteiger partial charge in [-0.3, -0.25) is 5.10 Å². The summed E-state index contributed by atoms with van der Waals surface area (Å²) in [6.07, 6.45) is 0. The van der Waals surface area contributed by atoms with E-state index in [1.165, 1.54) is 0 Å². The molecule has 0 spiro atoms. The number of phenolic OH excluding ortho intramolecular Hbond substituents is 1. The number of aromatic hydroxyl groups is 1. The fourth-order valence-corrected chi connectivity index (χ4v) is 2.64. The van der Waals surface area contributed by atoms with E-state index >= 15 is 0 Å². The lowest BCUT2D eigenvalue weighted by Gasteiger charge is -2.06. The highest BCUT2D eigenvalue weighted by Gasteiger charge is 2.08. The average Bonchev–Trinajstić information content (AvgIpc) is 3.07. The summed E-state index contributed by atoms with van der Waals surface area (Å²) in [4.78, 5) is 8.72. The van der Waals surface area contributed by atoms with Crippen LogP contribution in [0.3, 0.4) is 0 Å². The molecule has 0 unspecified atom stereocenters. The van der Waals surface area contributed by atoms with Gasteiger partial charge < -0.3 is 14.3 Å². The van der Waals surface area contributed by atoms with Gasteiger partial charge in [-0.2, -0.15) is 4.98 Å².